The number of thioether (sulfide) groups is 1. The van der Waals surface area contributed by atoms with E-state index in [0.717, 1.165) is 12.2 Å². The largest absolute Gasteiger partial charge is 0.452 e. The van der Waals surface area contributed by atoms with E-state index in [9.17, 15) is 9.59 Å². The monoisotopic (exact) mass is 408 g/mol. The first-order chi connectivity index (χ1) is 11.6. The summed E-state index contributed by atoms with van der Waals surface area (Å²) in [6.45, 7) is 0.256. The van der Waals surface area contributed by atoms with Crippen LogP contribution in [0.15, 0.2) is 58.2 Å². The summed E-state index contributed by atoms with van der Waals surface area (Å²) in [4.78, 5) is 28.5. The van der Waals surface area contributed by atoms with Gasteiger partial charge >= 0.3 is 5.97 Å². The number of aromatic nitrogens is 1. The van der Waals surface area contributed by atoms with Gasteiger partial charge in [0.2, 0.25) is 0 Å². The van der Waals surface area contributed by atoms with Gasteiger partial charge in [0, 0.05) is 28.3 Å². The first kappa shape index (κ1) is 18.5. The fourth-order valence-electron chi connectivity index (χ4n) is 1.80. The van der Waals surface area contributed by atoms with E-state index in [1.54, 1.807) is 24.0 Å². The molecule has 0 atom stereocenters. The van der Waals surface area contributed by atoms with Crippen molar-refractivity contribution in [1.82, 2.24) is 10.3 Å². The molecular formula is C17H17BrN2O3S. The molecule has 1 aromatic carbocycles. The Balaban J connectivity index is 1.59. The van der Waals surface area contributed by atoms with E-state index in [1.165, 1.54) is 11.1 Å². The fraction of sp³-hybridized carbons (Fsp3) is 0.235. The Morgan fingerprint density at radius 1 is 1.21 bits per heavy atom. The molecule has 1 N–H and O–H groups in total. The molecule has 0 saturated heterocycles. The molecule has 0 aliphatic heterocycles. The van der Waals surface area contributed by atoms with Crippen LogP contribution in [0.4, 0.5) is 0 Å². The van der Waals surface area contributed by atoms with Crippen LogP contribution in [-0.2, 0) is 9.53 Å². The minimum absolute atomic E-state index is 0.294. The smallest absolute Gasteiger partial charge is 0.340 e. The van der Waals surface area contributed by atoms with Crippen LogP contribution >= 0.6 is 27.7 Å². The molecule has 0 saturated carbocycles. The minimum atomic E-state index is -0.571. The van der Waals surface area contributed by atoms with Gasteiger partial charge in [-0.05, 0) is 46.3 Å². The van der Waals surface area contributed by atoms with E-state index in [1.807, 2.05) is 18.2 Å². The van der Waals surface area contributed by atoms with Gasteiger partial charge in [0.25, 0.3) is 5.91 Å². The zero-order valence-corrected chi connectivity index (χ0v) is 15.3. The van der Waals surface area contributed by atoms with Crippen molar-refractivity contribution in [1.29, 1.82) is 0 Å². The van der Waals surface area contributed by atoms with Crippen molar-refractivity contribution >= 4 is 39.6 Å². The van der Waals surface area contributed by atoms with Gasteiger partial charge in [0.1, 0.15) is 0 Å². The lowest BCUT2D eigenvalue weighted by molar-refractivity contribution is -0.124. The first-order valence-electron chi connectivity index (χ1n) is 7.37. The molecule has 0 aliphatic rings. The van der Waals surface area contributed by atoms with E-state index in [4.69, 9.17) is 4.74 Å². The van der Waals surface area contributed by atoms with E-state index >= 15 is 0 Å². The Morgan fingerprint density at radius 3 is 2.75 bits per heavy atom. The predicted octanol–water partition coefficient (Wildman–Crippen LogP) is 3.30. The number of esters is 1. The lowest BCUT2D eigenvalue weighted by atomic mass is 10.3. The number of carbonyl (C=O) groups excluding carboxylic acids is 2. The summed E-state index contributed by atoms with van der Waals surface area (Å²) in [7, 11) is 0. The number of benzene rings is 1. The number of halogens is 1. The Kier molecular flexibility index (Phi) is 7.77. The number of carbonyl (C=O) groups is 2. The number of nitrogens with one attached hydrogen (secondary N) is 1. The van der Waals surface area contributed by atoms with Gasteiger partial charge in [-0.15, -0.1) is 11.8 Å². The van der Waals surface area contributed by atoms with Gasteiger partial charge < -0.3 is 10.1 Å². The zero-order chi connectivity index (χ0) is 17.2. The van der Waals surface area contributed by atoms with Crippen LogP contribution in [0, 0.1) is 0 Å². The summed E-state index contributed by atoms with van der Waals surface area (Å²) in [5.74, 6) is 0.0305. The molecule has 2 rings (SSSR count). The van der Waals surface area contributed by atoms with Gasteiger partial charge in [0.05, 0.1) is 5.56 Å². The molecule has 0 aliphatic carbocycles. The summed E-state index contributed by atoms with van der Waals surface area (Å²) < 4.78 is 5.63. The molecule has 1 heterocycles. The van der Waals surface area contributed by atoms with Crippen LogP contribution < -0.4 is 5.32 Å². The van der Waals surface area contributed by atoms with Crippen molar-refractivity contribution in [2.75, 3.05) is 18.9 Å². The van der Waals surface area contributed by atoms with Gasteiger partial charge in [-0.1, -0.05) is 18.2 Å². The highest BCUT2D eigenvalue weighted by Gasteiger charge is 2.10. The highest BCUT2D eigenvalue weighted by molar-refractivity contribution is 9.10. The third kappa shape index (κ3) is 6.72. The molecule has 0 unspecified atom stereocenters. The normalized spacial score (nSPS) is 10.2. The number of amides is 1. The van der Waals surface area contributed by atoms with E-state index in [2.05, 4.69) is 38.4 Å². The summed E-state index contributed by atoms with van der Waals surface area (Å²) in [6.07, 6.45) is 3.80. The van der Waals surface area contributed by atoms with Crippen molar-refractivity contribution in [3.63, 3.8) is 0 Å². The van der Waals surface area contributed by atoms with Crippen molar-refractivity contribution in [2.45, 2.75) is 11.3 Å². The highest BCUT2D eigenvalue weighted by Crippen LogP contribution is 2.17. The Bertz CT molecular complexity index is 683. The molecule has 0 fully saturated rings. The first-order valence-corrected chi connectivity index (χ1v) is 9.15. The zero-order valence-electron chi connectivity index (χ0n) is 12.9. The quantitative estimate of drug-likeness (QED) is 0.412. The Morgan fingerprint density at radius 2 is 2.00 bits per heavy atom. The maximum absolute atomic E-state index is 11.8. The standard InChI is InChI=1S/C17H17BrN2O3S/c18-14-9-13(10-19-11-14)17(22)23-12-16(21)20-7-4-8-24-15-5-2-1-3-6-15/h1-3,5-6,9-11H,4,7-8,12H2,(H,20,21). The number of nitrogens with zero attached hydrogens (tertiary/aromatic N) is 1. The van der Waals surface area contributed by atoms with Crippen LogP contribution in [0.25, 0.3) is 0 Å². The maximum atomic E-state index is 11.8. The third-order valence-corrected chi connectivity index (χ3v) is 4.46. The van der Waals surface area contributed by atoms with Crippen LogP contribution in [0.1, 0.15) is 16.8 Å². The van der Waals surface area contributed by atoms with Crippen molar-refractivity contribution in [2.24, 2.45) is 0 Å². The molecule has 0 bridgehead atoms. The molecule has 0 spiro atoms. The van der Waals surface area contributed by atoms with Gasteiger partial charge in [-0.3, -0.25) is 9.78 Å². The topological polar surface area (TPSA) is 68.3 Å². The van der Waals surface area contributed by atoms with Crippen molar-refractivity contribution in [3.05, 3.63) is 58.8 Å². The summed E-state index contributed by atoms with van der Waals surface area (Å²) >= 11 is 4.97. The Hall–Kier alpha value is -1.86. The maximum Gasteiger partial charge on any atom is 0.340 e. The predicted molar refractivity (Wildman–Crippen MR) is 97.0 cm³/mol. The number of rotatable bonds is 8. The lowest BCUT2D eigenvalue weighted by Gasteiger charge is -2.07. The highest BCUT2D eigenvalue weighted by atomic mass is 79.9. The molecule has 5 nitrogen and oxygen atoms in total. The second-order valence-corrected chi connectivity index (χ2v) is 6.92. The fourth-order valence-corrected chi connectivity index (χ4v) is 3.03. The van der Waals surface area contributed by atoms with E-state index < -0.39 is 5.97 Å². The molecule has 1 aromatic heterocycles. The number of hydrogen-bond donors (Lipinski definition) is 1. The number of ether oxygens (including phenoxy) is 1. The van der Waals surface area contributed by atoms with Crippen molar-refractivity contribution < 1.29 is 14.3 Å². The molecule has 1 amide bonds. The van der Waals surface area contributed by atoms with Crippen molar-refractivity contribution in [3.8, 4) is 0 Å². The average molecular weight is 409 g/mol. The minimum Gasteiger partial charge on any atom is -0.452 e. The molecule has 2 aromatic rings. The average Bonchev–Trinajstić information content (AvgIpc) is 2.60. The molecule has 24 heavy (non-hydrogen) atoms. The van der Waals surface area contributed by atoms with Crippen LogP contribution in [0.3, 0.4) is 0 Å². The number of hydrogen-bond acceptors (Lipinski definition) is 5. The lowest BCUT2D eigenvalue weighted by Crippen LogP contribution is -2.29. The van der Waals surface area contributed by atoms with Crippen LogP contribution in [0.2, 0.25) is 0 Å². The van der Waals surface area contributed by atoms with Gasteiger partial charge in [-0.2, -0.15) is 0 Å². The second kappa shape index (κ2) is 10.1. The molecular weight excluding hydrogens is 392 g/mol. The summed E-state index contributed by atoms with van der Waals surface area (Å²) in [5, 5.41) is 2.73. The second-order valence-electron chi connectivity index (χ2n) is 4.83. The third-order valence-electron chi connectivity index (χ3n) is 2.93. The van der Waals surface area contributed by atoms with Crippen LogP contribution in [-0.4, -0.2) is 35.8 Å². The molecule has 126 valence electrons. The van der Waals surface area contributed by atoms with E-state index in [0.29, 0.717) is 16.6 Å². The van der Waals surface area contributed by atoms with Gasteiger partial charge in [-0.25, -0.2) is 4.79 Å². The number of pyridine rings is 1. The molecule has 0 radical (unpaired) electrons. The summed E-state index contributed by atoms with van der Waals surface area (Å²) in [6, 6.07) is 11.7. The molecule has 7 heteroatoms. The van der Waals surface area contributed by atoms with E-state index in [-0.39, 0.29) is 12.5 Å². The van der Waals surface area contributed by atoms with Crippen LogP contribution in [0.5, 0.6) is 0 Å². The summed E-state index contributed by atoms with van der Waals surface area (Å²) in [5.41, 5.74) is 0.302. The van der Waals surface area contributed by atoms with Gasteiger partial charge in [0.15, 0.2) is 6.61 Å². The Labute approximate surface area is 153 Å². The SMILES string of the molecule is O=C(COC(=O)c1cncc(Br)c1)NCCCSc1ccccc1.